The molecule has 0 unspecified atom stereocenters. The fraction of sp³-hybridized carbons (Fsp3) is 0.176. The number of rotatable bonds is 3. The molecule has 2 aromatic rings. The number of aromatic hydroxyl groups is 3. The zero-order chi connectivity index (χ0) is 14.7. The van der Waals surface area contributed by atoms with Gasteiger partial charge < -0.3 is 15.3 Å². The highest BCUT2D eigenvalue weighted by Crippen LogP contribution is 2.35. The van der Waals surface area contributed by atoms with Crippen LogP contribution in [0.2, 0.25) is 0 Å². The maximum absolute atomic E-state index is 9.95. The molecule has 0 heterocycles. The predicted octanol–water partition coefficient (Wildman–Crippen LogP) is 4.10. The lowest BCUT2D eigenvalue weighted by atomic mass is 9.98. The first-order valence-electron chi connectivity index (χ1n) is 6.50. The maximum Gasteiger partial charge on any atom is 0.123 e. The minimum absolute atomic E-state index is 0.0603. The Kier molecular flexibility index (Phi) is 3.99. The van der Waals surface area contributed by atoms with Gasteiger partial charge in [-0.25, -0.2) is 0 Å². The summed E-state index contributed by atoms with van der Waals surface area (Å²) in [6.07, 6.45) is 3.65. The van der Waals surface area contributed by atoms with E-state index < -0.39 is 0 Å². The number of phenols is 3. The molecule has 20 heavy (non-hydrogen) atoms. The SMILES string of the molecule is CC(C)c1c(O)cc(/C=C/c2ccc(O)cc2)cc1O. The van der Waals surface area contributed by atoms with Crippen LogP contribution in [0.15, 0.2) is 36.4 Å². The van der Waals surface area contributed by atoms with E-state index in [-0.39, 0.29) is 23.2 Å². The first kappa shape index (κ1) is 14.0. The summed E-state index contributed by atoms with van der Waals surface area (Å²) in [6, 6.07) is 10.0. The van der Waals surface area contributed by atoms with Gasteiger partial charge in [0.25, 0.3) is 0 Å². The van der Waals surface area contributed by atoms with Gasteiger partial charge in [-0.05, 0) is 41.3 Å². The fourth-order valence-corrected chi connectivity index (χ4v) is 2.11. The van der Waals surface area contributed by atoms with Crippen LogP contribution in [-0.2, 0) is 0 Å². The molecule has 0 aromatic heterocycles. The average molecular weight is 270 g/mol. The van der Waals surface area contributed by atoms with Gasteiger partial charge in [0.15, 0.2) is 0 Å². The molecule has 104 valence electrons. The molecular formula is C17H18O3. The van der Waals surface area contributed by atoms with Crippen LogP contribution < -0.4 is 0 Å². The second-order valence-electron chi connectivity index (χ2n) is 5.05. The molecule has 0 atom stereocenters. The second kappa shape index (κ2) is 5.70. The van der Waals surface area contributed by atoms with Gasteiger partial charge >= 0.3 is 0 Å². The Morgan fingerprint density at radius 1 is 0.800 bits per heavy atom. The molecule has 0 amide bonds. The lowest BCUT2D eigenvalue weighted by Crippen LogP contribution is -1.90. The van der Waals surface area contributed by atoms with Crippen molar-refractivity contribution < 1.29 is 15.3 Å². The highest BCUT2D eigenvalue weighted by molar-refractivity contribution is 5.72. The third-order valence-corrected chi connectivity index (χ3v) is 3.10. The van der Waals surface area contributed by atoms with Gasteiger partial charge in [-0.15, -0.1) is 0 Å². The first-order valence-corrected chi connectivity index (χ1v) is 6.50. The summed E-state index contributed by atoms with van der Waals surface area (Å²) < 4.78 is 0. The van der Waals surface area contributed by atoms with Gasteiger partial charge in [-0.1, -0.05) is 38.1 Å². The minimum atomic E-state index is 0.0603. The van der Waals surface area contributed by atoms with Crippen LogP contribution in [0.5, 0.6) is 17.2 Å². The molecule has 0 fully saturated rings. The van der Waals surface area contributed by atoms with Crippen molar-refractivity contribution in [1.82, 2.24) is 0 Å². The van der Waals surface area contributed by atoms with E-state index in [0.717, 1.165) is 11.1 Å². The van der Waals surface area contributed by atoms with Gasteiger partial charge in [-0.2, -0.15) is 0 Å². The Balaban J connectivity index is 2.28. The third kappa shape index (κ3) is 3.12. The van der Waals surface area contributed by atoms with Crippen molar-refractivity contribution in [3.05, 3.63) is 53.1 Å². The summed E-state index contributed by atoms with van der Waals surface area (Å²) in [4.78, 5) is 0. The molecule has 3 nitrogen and oxygen atoms in total. The van der Waals surface area contributed by atoms with Crippen LogP contribution in [0.1, 0.15) is 36.5 Å². The fourth-order valence-electron chi connectivity index (χ4n) is 2.11. The Morgan fingerprint density at radius 2 is 1.30 bits per heavy atom. The molecule has 0 saturated carbocycles. The third-order valence-electron chi connectivity index (χ3n) is 3.10. The van der Waals surface area contributed by atoms with Crippen LogP contribution in [-0.4, -0.2) is 15.3 Å². The summed E-state index contributed by atoms with van der Waals surface area (Å²) in [7, 11) is 0. The zero-order valence-electron chi connectivity index (χ0n) is 11.5. The average Bonchev–Trinajstić information content (AvgIpc) is 2.37. The van der Waals surface area contributed by atoms with Crippen LogP contribution in [0.3, 0.4) is 0 Å². The molecule has 3 heteroatoms. The van der Waals surface area contributed by atoms with Crippen molar-refractivity contribution in [3.8, 4) is 17.2 Å². The first-order chi connectivity index (χ1) is 9.47. The molecule has 0 aliphatic carbocycles. The van der Waals surface area contributed by atoms with Crippen LogP contribution in [0.25, 0.3) is 12.2 Å². The van der Waals surface area contributed by atoms with Gasteiger partial charge in [-0.3, -0.25) is 0 Å². The number of hydrogen-bond donors (Lipinski definition) is 3. The van der Waals surface area contributed by atoms with Crippen molar-refractivity contribution in [2.24, 2.45) is 0 Å². The van der Waals surface area contributed by atoms with E-state index in [0.29, 0.717) is 5.56 Å². The number of hydrogen-bond acceptors (Lipinski definition) is 3. The lowest BCUT2D eigenvalue weighted by molar-refractivity contribution is 0.433. The van der Waals surface area contributed by atoms with E-state index in [1.165, 1.54) is 0 Å². The van der Waals surface area contributed by atoms with Crippen molar-refractivity contribution >= 4 is 12.2 Å². The Morgan fingerprint density at radius 3 is 1.80 bits per heavy atom. The molecule has 0 aliphatic heterocycles. The van der Waals surface area contributed by atoms with Crippen LogP contribution >= 0.6 is 0 Å². The number of benzene rings is 2. The molecule has 0 aliphatic rings. The van der Waals surface area contributed by atoms with E-state index in [2.05, 4.69) is 0 Å². The molecule has 3 N–H and O–H groups in total. The maximum atomic E-state index is 9.95. The Bertz CT molecular complexity index is 602. The summed E-state index contributed by atoms with van der Waals surface area (Å²) in [5, 5.41) is 29.1. The quantitative estimate of drug-likeness (QED) is 0.736. The topological polar surface area (TPSA) is 60.7 Å². The van der Waals surface area contributed by atoms with Crippen LogP contribution in [0.4, 0.5) is 0 Å². The molecule has 0 radical (unpaired) electrons. The predicted molar refractivity (Wildman–Crippen MR) is 80.9 cm³/mol. The summed E-state index contributed by atoms with van der Waals surface area (Å²) >= 11 is 0. The highest BCUT2D eigenvalue weighted by Gasteiger charge is 2.12. The highest BCUT2D eigenvalue weighted by atomic mass is 16.3. The largest absolute Gasteiger partial charge is 0.508 e. The van der Waals surface area contributed by atoms with Crippen molar-refractivity contribution in [3.63, 3.8) is 0 Å². The second-order valence-corrected chi connectivity index (χ2v) is 5.05. The van der Waals surface area contributed by atoms with Gasteiger partial charge in [0.2, 0.25) is 0 Å². The molecule has 2 aromatic carbocycles. The monoisotopic (exact) mass is 270 g/mol. The van der Waals surface area contributed by atoms with Crippen molar-refractivity contribution in [2.45, 2.75) is 19.8 Å². The van der Waals surface area contributed by atoms with E-state index in [9.17, 15) is 15.3 Å². The molecular weight excluding hydrogens is 252 g/mol. The van der Waals surface area contributed by atoms with Gasteiger partial charge in [0.05, 0.1) is 0 Å². The molecule has 2 rings (SSSR count). The van der Waals surface area contributed by atoms with E-state index in [1.54, 1.807) is 42.5 Å². The Labute approximate surface area is 118 Å². The Hall–Kier alpha value is -2.42. The minimum Gasteiger partial charge on any atom is -0.508 e. The molecule has 0 saturated heterocycles. The van der Waals surface area contributed by atoms with Gasteiger partial charge in [0, 0.05) is 5.56 Å². The van der Waals surface area contributed by atoms with E-state index in [4.69, 9.17) is 0 Å². The smallest absolute Gasteiger partial charge is 0.123 e. The van der Waals surface area contributed by atoms with E-state index in [1.807, 2.05) is 19.9 Å². The van der Waals surface area contributed by atoms with Gasteiger partial charge in [0.1, 0.15) is 17.2 Å². The summed E-state index contributed by atoms with van der Waals surface area (Å²) in [5.41, 5.74) is 2.21. The normalized spacial score (nSPS) is 11.3. The van der Waals surface area contributed by atoms with Crippen molar-refractivity contribution in [1.29, 1.82) is 0 Å². The van der Waals surface area contributed by atoms with Crippen LogP contribution in [0, 0.1) is 0 Å². The molecule has 0 spiro atoms. The van der Waals surface area contributed by atoms with Crippen molar-refractivity contribution in [2.75, 3.05) is 0 Å². The standard InChI is InChI=1S/C17H18O3/c1-11(2)17-15(19)9-13(10-16(17)20)4-3-12-5-7-14(18)8-6-12/h3-11,18-20H,1-2H3/b4-3+. The lowest BCUT2D eigenvalue weighted by Gasteiger charge is -2.11. The zero-order valence-corrected chi connectivity index (χ0v) is 11.5. The summed E-state index contributed by atoms with van der Waals surface area (Å²) in [5.74, 6) is 0.486. The van der Waals surface area contributed by atoms with E-state index >= 15 is 0 Å². The number of phenolic OH excluding ortho intramolecular Hbond substituents is 3. The molecule has 0 bridgehead atoms. The summed E-state index contributed by atoms with van der Waals surface area (Å²) in [6.45, 7) is 3.83.